The summed E-state index contributed by atoms with van der Waals surface area (Å²) in [5.41, 5.74) is 43.2. The maximum absolute atomic E-state index is 5.23. The van der Waals surface area contributed by atoms with Gasteiger partial charge in [0.2, 0.25) is 0 Å². The summed E-state index contributed by atoms with van der Waals surface area (Å²) in [4.78, 5) is 30.0. The molecule has 9 nitrogen and oxygen atoms in total. The van der Waals surface area contributed by atoms with Crippen LogP contribution in [0.15, 0.2) is 443 Å². The van der Waals surface area contributed by atoms with Crippen LogP contribution >= 0.6 is 0 Å². The van der Waals surface area contributed by atoms with Crippen LogP contribution in [0.2, 0.25) is 0 Å². The van der Waals surface area contributed by atoms with E-state index in [1.165, 1.54) is 165 Å². The minimum atomic E-state index is -0.371. The van der Waals surface area contributed by atoms with Gasteiger partial charge in [-0.2, -0.15) is 0 Å². The van der Waals surface area contributed by atoms with Crippen molar-refractivity contribution in [1.82, 2.24) is 43.1 Å². The highest BCUT2D eigenvalue weighted by Crippen LogP contribution is 2.63. The molecule has 0 unspecified atom stereocenters. The predicted octanol–water partition coefficient (Wildman–Crippen LogP) is 31.5. The third-order valence-corrected chi connectivity index (χ3v) is 29.0. The lowest BCUT2D eigenvalue weighted by molar-refractivity contribution is 0.794. The van der Waals surface area contributed by atoms with Crippen LogP contribution in [0, 0.1) is 0 Å². The quantitative estimate of drug-likeness (QED) is 0.160. The summed E-state index contributed by atoms with van der Waals surface area (Å²) >= 11 is 0. The molecule has 19 aromatic carbocycles. The van der Waals surface area contributed by atoms with Gasteiger partial charge in [-0.15, -0.1) is 0 Å². The average molecular weight is 1700 g/mol. The van der Waals surface area contributed by atoms with Gasteiger partial charge in [0, 0.05) is 50.9 Å². The van der Waals surface area contributed by atoms with Crippen LogP contribution in [0.1, 0.15) is 22.3 Å². The van der Waals surface area contributed by atoms with Gasteiger partial charge in [-0.3, -0.25) is 28.2 Å². The number of fused-ring (bicyclic) bond motifs is 43. The van der Waals surface area contributed by atoms with Crippen LogP contribution in [-0.2, 0) is 5.41 Å². The zero-order valence-corrected chi connectivity index (χ0v) is 72.2. The molecule has 9 heteroatoms. The van der Waals surface area contributed by atoms with Crippen molar-refractivity contribution >= 4 is 159 Å². The number of aromatic nitrogens is 9. The summed E-state index contributed by atoms with van der Waals surface area (Å²) in [6, 6.07) is 154. The van der Waals surface area contributed by atoms with E-state index in [0.29, 0.717) is 0 Å². The topological polar surface area (TPSA) is 90.6 Å². The molecule has 9 heterocycles. The lowest BCUT2D eigenvalue weighted by Gasteiger charge is -2.30. The smallest absolute Gasteiger partial charge is 0.148 e. The third kappa shape index (κ3) is 10.7. The second-order valence-corrected chi connectivity index (χ2v) is 35.8. The molecule has 3 aliphatic rings. The maximum atomic E-state index is 5.23. The average Bonchev–Trinajstić information content (AvgIpc) is 1.50. The molecule has 0 fully saturated rings. The van der Waals surface area contributed by atoms with Gasteiger partial charge >= 0.3 is 0 Å². The largest absolute Gasteiger partial charge is 0.292 e. The minimum Gasteiger partial charge on any atom is -0.292 e. The Bertz CT molecular complexity index is 9900. The molecule has 9 aromatic heterocycles. The monoisotopic (exact) mass is 1700 g/mol. The van der Waals surface area contributed by atoms with Gasteiger partial charge in [0.05, 0.1) is 87.8 Å². The molecule has 0 saturated carbocycles. The molecule has 1 spiro atoms. The summed E-state index contributed by atoms with van der Waals surface area (Å²) < 4.78 is 6.97. The molecular formula is C125H73N9. The fraction of sp³-hybridized carbons (Fsp3) is 0.00800. The Balaban J connectivity index is 0.0000000991. The number of pyridine rings is 6. The highest BCUT2D eigenvalue weighted by molar-refractivity contribution is 6.26. The van der Waals surface area contributed by atoms with Crippen molar-refractivity contribution in [2.24, 2.45) is 0 Å². The summed E-state index contributed by atoms with van der Waals surface area (Å²) in [7, 11) is 0. The van der Waals surface area contributed by atoms with E-state index in [0.717, 1.165) is 115 Å². The van der Waals surface area contributed by atoms with Crippen molar-refractivity contribution < 1.29 is 0 Å². The van der Waals surface area contributed by atoms with Gasteiger partial charge < -0.3 is 0 Å². The van der Waals surface area contributed by atoms with Crippen LogP contribution < -0.4 is 0 Å². The SMILES string of the molecule is c1cc(-c2ccc3c4ccc5cccnc5c4c4nc5ccccc5n4c3c2)cc(-c2ccc3c4c(cccc24)-c2ccccc2-3)c1.c1ccc(-c2ccc(-c3ccc4c(c3)c3ccc5cccnc5c3c3nc5ccccc5n43)cc2)cc1.c1ccc2c(c1)-c1ccccc1C21c2ccccc2-c2ccc(-c3ccc4c5ccc6cccnc6c5c5nc6ccccc6n5c4c3)cc21. The van der Waals surface area contributed by atoms with Crippen molar-refractivity contribution in [1.29, 1.82) is 0 Å². The summed E-state index contributed by atoms with van der Waals surface area (Å²) in [5, 5.41) is 16.4. The number of nitrogens with zero attached hydrogens (tertiary/aromatic N) is 9. The number of benzene rings is 19. The Kier molecular flexibility index (Phi) is 15.8. The van der Waals surface area contributed by atoms with Crippen molar-refractivity contribution in [2.75, 3.05) is 0 Å². The standard InChI is InChI=1S/C47H27N3.C44H25N3.C34H21N3/c1-4-14-37-31(11-1)32-12-2-5-15-38(32)47(37)39-16-6-3-13-33(39)34-22-20-29(26-40(34)47)30-21-23-35-36-24-19-28-10-9-25-48-45(28)44(36)46-49-41-17-7-8-18-42(41)50(46)43(35)27-30;1-2-12-32-31(11-1)35-14-6-13-34-30(21-22-36(32)41(34)35)29-9-5-8-27(24-29)28-18-19-33-37-20-17-26-10-7-23-45-43(26)42(37)44-46-38-15-3-4-16-39(38)47(44)40(33)25-28;1-2-7-22(8-3-1)23-12-14-24(15-13-23)26-17-19-30-28(21-26)27-18-16-25-9-6-20-35-33(25)32(27)34-36-29-10-4-5-11-31(29)37(30)34/h1-27H;1-25H;1-21H. The van der Waals surface area contributed by atoms with Crippen molar-refractivity contribution in [3.8, 4) is 100 Å². The summed E-state index contributed by atoms with van der Waals surface area (Å²) in [6.45, 7) is 0. The van der Waals surface area contributed by atoms with Crippen molar-refractivity contribution in [3.05, 3.63) is 465 Å². The fourth-order valence-electron chi connectivity index (χ4n) is 23.2. The highest BCUT2D eigenvalue weighted by Gasteiger charge is 2.51. The number of para-hydroxylation sites is 6. The molecule has 0 saturated heterocycles. The van der Waals surface area contributed by atoms with Gasteiger partial charge in [0.1, 0.15) is 16.9 Å². The molecular weight excluding hydrogens is 1630 g/mol. The van der Waals surface area contributed by atoms with Crippen molar-refractivity contribution in [2.45, 2.75) is 5.41 Å². The molecule has 31 rings (SSSR count). The molecule has 0 aliphatic heterocycles. The fourth-order valence-corrected chi connectivity index (χ4v) is 23.2. The normalized spacial score (nSPS) is 12.7. The Hall–Kier alpha value is -17.9. The second-order valence-electron chi connectivity index (χ2n) is 35.8. The maximum Gasteiger partial charge on any atom is 0.148 e. The molecule has 0 bridgehead atoms. The first kappa shape index (κ1) is 74.1. The van der Waals surface area contributed by atoms with Gasteiger partial charge in [-0.25, -0.2) is 15.0 Å². The van der Waals surface area contributed by atoms with E-state index in [-0.39, 0.29) is 5.41 Å². The van der Waals surface area contributed by atoms with Crippen LogP contribution in [0.5, 0.6) is 0 Å². The first-order valence-corrected chi connectivity index (χ1v) is 45.8. The van der Waals surface area contributed by atoms with Crippen LogP contribution in [0.3, 0.4) is 0 Å². The molecule has 0 radical (unpaired) electrons. The van der Waals surface area contributed by atoms with Crippen LogP contribution in [0.25, 0.3) is 259 Å². The molecule has 0 amide bonds. The van der Waals surface area contributed by atoms with Gasteiger partial charge in [-0.05, 0) is 240 Å². The first-order chi connectivity index (χ1) is 66.5. The molecule has 134 heavy (non-hydrogen) atoms. The summed E-state index contributed by atoms with van der Waals surface area (Å²) in [6.07, 6.45) is 5.63. The van der Waals surface area contributed by atoms with E-state index in [9.17, 15) is 0 Å². The molecule has 0 atom stereocenters. The van der Waals surface area contributed by atoms with Crippen molar-refractivity contribution in [3.63, 3.8) is 0 Å². The number of hydrogen-bond donors (Lipinski definition) is 0. The Morgan fingerprint density at radius 2 is 0.522 bits per heavy atom. The van der Waals surface area contributed by atoms with E-state index in [4.69, 9.17) is 29.9 Å². The Labute approximate surface area is 767 Å². The molecule has 618 valence electrons. The van der Waals surface area contributed by atoms with E-state index in [1.807, 2.05) is 42.9 Å². The van der Waals surface area contributed by atoms with E-state index >= 15 is 0 Å². The molecule has 3 aliphatic carbocycles. The highest BCUT2D eigenvalue weighted by atomic mass is 15.0. The van der Waals surface area contributed by atoms with Crippen LogP contribution in [-0.4, -0.2) is 43.1 Å². The van der Waals surface area contributed by atoms with E-state index < -0.39 is 0 Å². The zero-order valence-electron chi connectivity index (χ0n) is 72.2. The number of imidazole rings is 3. The Morgan fingerprint density at radius 3 is 1.05 bits per heavy atom. The predicted molar refractivity (Wildman–Crippen MR) is 554 cm³/mol. The minimum absolute atomic E-state index is 0.371. The van der Waals surface area contributed by atoms with E-state index in [1.54, 1.807) is 0 Å². The number of rotatable bonds is 5. The number of hydrogen-bond acceptors (Lipinski definition) is 6. The van der Waals surface area contributed by atoms with Crippen LogP contribution in [0.4, 0.5) is 0 Å². The third-order valence-electron chi connectivity index (χ3n) is 29.0. The van der Waals surface area contributed by atoms with E-state index in [2.05, 4.69) is 414 Å². The lowest BCUT2D eigenvalue weighted by Crippen LogP contribution is -2.25. The van der Waals surface area contributed by atoms with Gasteiger partial charge in [0.15, 0.2) is 0 Å². The molecule has 0 N–H and O–H groups in total. The Morgan fingerprint density at radius 1 is 0.172 bits per heavy atom. The zero-order chi connectivity index (χ0) is 87.5. The lowest BCUT2D eigenvalue weighted by atomic mass is 9.70. The van der Waals surface area contributed by atoms with Gasteiger partial charge in [-0.1, -0.05) is 334 Å². The molecule has 28 aromatic rings. The van der Waals surface area contributed by atoms with Gasteiger partial charge in [0.25, 0.3) is 0 Å². The second kappa shape index (κ2) is 28.5. The first-order valence-electron chi connectivity index (χ1n) is 45.8. The summed E-state index contributed by atoms with van der Waals surface area (Å²) in [5.74, 6) is 0.